The number of nitrogens with zero attached hydrogens (tertiary/aromatic N) is 3. The van der Waals surface area contributed by atoms with E-state index in [1.165, 1.54) is 0 Å². The number of ether oxygens (including phenoxy) is 2. The van der Waals surface area contributed by atoms with Crippen molar-refractivity contribution in [3.8, 4) is 11.5 Å². The molecule has 11 heteroatoms. The second-order valence-electron chi connectivity index (χ2n) is 6.48. The van der Waals surface area contributed by atoms with Gasteiger partial charge in [-0.15, -0.1) is 0 Å². The minimum atomic E-state index is -0.711. The van der Waals surface area contributed by atoms with Gasteiger partial charge >= 0.3 is 5.69 Å². The second-order valence-corrected chi connectivity index (χ2v) is 7.01. The Morgan fingerprint density at radius 1 is 1.17 bits per heavy atom. The Hall–Kier alpha value is -3.99. The molecule has 2 aromatic heterocycles. The number of carbonyl (C=O) groups is 1. The lowest BCUT2D eigenvalue weighted by Crippen LogP contribution is -2.39. The first-order valence-corrected chi connectivity index (χ1v) is 9.57. The Balaban J connectivity index is 1.47. The molecule has 3 heterocycles. The first-order valence-electron chi connectivity index (χ1n) is 8.84. The van der Waals surface area contributed by atoms with Crippen LogP contribution < -0.4 is 26.0 Å². The molecular formula is C19H13N5O5S. The van der Waals surface area contributed by atoms with Crippen LogP contribution in [-0.4, -0.2) is 31.0 Å². The highest BCUT2D eigenvalue weighted by atomic mass is 32.1. The summed E-state index contributed by atoms with van der Waals surface area (Å²) in [5.74, 6) is 0.478. The molecule has 0 spiro atoms. The summed E-state index contributed by atoms with van der Waals surface area (Å²) in [6.07, 6.45) is 1.11. The maximum atomic E-state index is 12.9. The van der Waals surface area contributed by atoms with Crippen LogP contribution in [0.1, 0.15) is 15.9 Å². The van der Waals surface area contributed by atoms with Crippen molar-refractivity contribution in [2.75, 3.05) is 12.1 Å². The second kappa shape index (κ2) is 7.12. The van der Waals surface area contributed by atoms with Gasteiger partial charge in [0.25, 0.3) is 11.5 Å². The number of hydrogen-bond donors (Lipinski definition) is 2. The van der Waals surface area contributed by atoms with Crippen molar-refractivity contribution in [3.05, 3.63) is 74.6 Å². The largest absolute Gasteiger partial charge is 0.454 e. The van der Waals surface area contributed by atoms with Gasteiger partial charge in [0, 0.05) is 6.20 Å². The van der Waals surface area contributed by atoms with Gasteiger partial charge in [-0.1, -0.05) is 12.1 Å². The summed E-state index contributed by atoms with van der Waals surface area (Å²) in [6, 6.07) is 10.3. The van der Waals surface area contributed by atoms with Gasteiger partial charge in [-0.2, -0.15) is 8.75 Å². The minimum Gasteiger partial charge on any atom is -0.454 e. The fourth-order valence-electron chi connectivity index (χ4n) is 3.14. The van der Waals surface area contributed by atoms with Gasteiger partial charge in [-0.3, -0.25) is 14.2 Å². The number of aromatic amines is 1. The van der Waals surface area contributed by atoms with Crippen LogP contribution >= 0.6 is 11.7 Å². The topological polar surface area (TPSA) is 128 Å². The third-order valence-corrected chi connectivity index (χ3v) is 5.16. The molecule has 0 aliphatic carbocycles. The van der Waals surface area contributed by atoms with Gasteiger partial charge < -0.3 is 19.8 Å². The Bertz CT molecular complexity index is 1410. The van der Waals surface area contributed by atoms with E-state index in [1.807, 2.05) is 0 Å². The van der Waals surface area contributed by atoms with E-state index in [1.54, 1.807) is 36.4 Å². The third-order valence-electron chi connectivity index (χ3n) is 4.62. The van der Waals surface area contributed by atoms with E-state index in [9.17, 15) is 14.4 Å². The molecule has 0 saturated heterocycles. The van der Waals surface area contributed by atoms with Crippen LogP contribution in [0.5, 0.6) is 11.5 Å². The maximum Gasteiger partial charge on any atom is 0.328 e. The molecule has 5 rings (SSSR count). The van der Waals surface area contributed by atoms with E-state index in [0.717, 1.165) is 22.5 Å². The smallest absolute Gasteiger partial charge is 0.328 e. The Morgan fingerprint density at radius 2 is 2.03 bits per heavy atom. The lowest BCUT2D eigenvalue weighted by molar-refractivity contribution is 0.102. The summed E-state index contributed by atoms with van der Waals surface area (Å²) in [7, 11) is 0. The predicted molar refractivity (Wildman–Crippen MR) is 108 cm³/mol. The molecule has 2 aromatic carbocycles. The highest BCUT2D eigenvalue weighted by Crippen LogP contribution is 2.32. The quantitative estimate of drug-likeness (QED) is 0.510. The summed E-state index contributed by atoms with van der Waals surface area (Å²) in [5.41, 5.74) is 0.718. The molecular weight excluding hydrogens is 410 g/mol. The van der Waals surface area contributed by atoms with Crippen molar-refractivity contribution < 1.29 is 14.3 Å². The van der Waals surface area contributed by atoms with Gasteiger partial charge in [-0.05, 0) is 29.8 Å². The number of amides is 1. The number of nitrogens with one attached hydrogen (secondary N) is 2. The first-order chi connectivity index (χ1) is 14.6. The van der Waals surface area contributed by atoms with Crippen LogP contribution in [0.25, 0.3) is 11.0 Å². The Morgan fingerprint density at radius 3 is 2.93 bits per heavy atom. The molecule has 0 atom stereocenters. The highest BCUT2D eigenvalue weighted by molar-refractivity contribution is 7.00. The van der Waals surface area contributed by atoms with Crippen LogP contribution in [0.4, 0.5) is 5.69 Å². The average Bonchev–Trinajstić information content (AvgIpc) is 3.40. The Labute approximate surface area is 172 Å². The molecule has 0 bridgehead atoms. The maximum absolute atomic E-state index is 12.9. The number of fused-ring (bicyclic) bond motifs is 2. The number of hydrogen-bond acceptors (Lipinski definition) is 8. The number of H-pyrrole nitrogens is 1. The van der Waals surface area contributed by atoms with Gasteiger partial charge in [0.1, 0.15) is 16.6 Å². The molecule has 0 radical (unpaired) electrons. The van der Waals surface area contributed by atoms with Crippen LogP contribution in [0.2, 0.25) is 0 Å². The van der Waals surface area contributed by atoms with E-state index in [0.29, 0.717) is 33.8 Å². The molecule has 1 amide bonds. The SMILES string of the molecule is O=C(Nc1cccc2nsnc12)c1c[nH]c(=O)n(Cc2ccc3c(c2)OCO3)c1=O. The summed E-state index contributed by atoms with van der Waals surface area (Å²) < 4.78 is 19.8. The number of rotatable bonds is 4. The van der Waals surface area contributed by atoms with E-state index < -0.39 is 17.2 Å². The van der Waals surface area contributed by atoms with Gasteiger partial charge in [0.15, 0.2) is 11.5 Å². The lowest BCUT2D eigenvalue weighted by atomic mass is 10.2. The minimum absolute atomic E-state index is 0.0302. The van der Waals surface area contributed by atoms with Crippen molar-refractivity contribution in [2.24, 2.45) is 0 Å². The molecule has 0 fully saturated rings. The zero-order valence-electron chi connectivity index (χ0n) is 15.2. The molecule has 4 aromatic rings. The van der Waals surface area contributed by atoms with Crippen molar-refractivity contribution in [1.82, 2.24) is 18.3 Å². The number of aromatic nitrogens is 4. The zero-order valence-corrected chi connectivity index (χ0v) is 16.1. The van der Waals surface area contributed by atoms with Crippen molar-refractivity contribution in [2.45, 2.75) is 6.54 Å². The molecule has 1 aliphatic heterocycles. The number of benzene rings is 2. The van der Waals surface area contributed by atoms with E-state index in [-0.39, 0.29) is 18.9 Å². The van der Waals surface area contributed by atoms with Crippen molar-refractivity contribution >= 4 is 34.4 Å². The summed E-state index contributed by atoms with van der Waals surface area (Å²) in [6.45, 7) is 0.0910. The first kappa shape index (κ1) is 18.1. The van der Waals surface area contributed by atoms with Crippen LogP contribution in [0, 0.1) is 0 Å². The third kappa shape index (κ3) is 3.10. The number of carbonyl (C=O) groups excluding carboxylic acids is 1. The van der Waals surface area contributed by atoms with E-state index >= 15 is 0 Å². The standard InChI is InChI=1S/C19H13N5O5S/c25-17(21-12-2-1-3-13-16(12)23-30-22-13)11-7-20-19(27)24(18(11)26)8-10-4-5-14-15(6-10)29-9-28-14/h1-7H,8-9H2,(H,20,27)(H,21,25). The molecule has 0 unspecified atom stereocenters. The monoisotopic (exact) mass is 423 g/mol. The molecule has 30 heavy (non-hydrogen) atoms. The summed E-state index contributed by atoms with van der Waals surface area (Å²) >= 11 is 1.02. The Kier molecular flexibility index (Phi) is 4.29. The van der Waals surface area contributed by atoms with E-state index in [4.69, 9.17) is 9.47 Å². The molecule has 150 valence electrons. The van der Waals surface area contributed by atoms with Crippen molar-refractivity contribution in [1.29, 1.82) is 0 Å². The summed E-state index contributed by atoms with van der Waals surface area (Å²) in [5, 5.41) is 2.67. The number of anilines is 1. The van der Waals surface area contributed by atoms with Gasteiger partial charge in [0.2, 0.25) is 6.79 Å². The van der Waals surface area contributed by atoms with Gasteiger partial charge in [0.05, 0.1) is 24.0 Å². The normalized spacial score (nSPS) is 12.3. The molecule has 2 N–H and O–H groups in total. The van der Waals surface area contributed by atoms with E-state index in [2.05, 4.69) is 19.0 Å². The highest BCUT2D eigenvalue weighted by Gasteiger charge is 2.18. The fourth-order valence-corrected chi connectivity index (χ4v) is 3.69. The summed E-state index contributed by atoms with van der Waals surface area (Å²) in [4.78, 5) is 40.3. The molecule has 1 aliphatic rings. The van der Waals surface area contributed by atoms with Gasteiger partial charge in [-0.25, -0.2) is 4.79 Å². The zero-order chi connectivity index (χ0) is 20.7. The van der Waals surface area contributed by atoms with Crippen molar-refractivity contribution in [3.63, 3.8) is 0 Å². The molecule has 0 saturated carbocycles. The molecule has 10 nitrogen and oxygen atoms in total. The van der Waals surface area contributed by atoms with Crippen LogP contribution in [0.15, 0.2) is 52.2 Å². The lowest BCUT2D eigenvalue weighted by Gasteiger charge is -2.09. The van der Waals surface area contributed by atoms with Crippen LogP contribution in [0.3, 0.4) is 0 Å². The average molecular weight is 423 g/mol. The fraction of sp³-hybridized carbons (Fsp3) is 0.105. The van der Waals surface area contributed by atoms with Crippen LogP contribution in [-0.2, 0) is 6.54 Å². The predicted octanol–water partition coefficient (Wildman–Crippen LogP) is 1.57.